The zero-order valence-corrected chi connectivity index (χ0v) is 10.3. The monoisotopic (exact) mass is 256 g/mol. The van der Waals surface area contributed by atoms with E-state index in [0.29, 0.717) is 16.3 Å². The summed E-state index contributed by atoms with van der Waals surface area (Å²) in [7, 11) is 1.45. The molecule has 1 rings (SSSR count). The van der Waals surface area contributed by atoms with E-state index >= 15 is 0 Å². The molecule has 0 fully saturated rings. The van der Waals surface area contributed by atoms with Gasteiger partial charge in [-0.25, -0.2) is 0 Å². The van der Waals surface area contributed by atoms with Crippen LogP contribution in [-0.4, -0.2) is 24.0 Å². The average molecular weight is 257 g/mol. The van der Waals surface area contributed by atoms with Crippen molar-refractivity contribution in [3.05, 3.63) is 28.8 Å². The Hall–Kier alpha value is -1.55. The maximum Gasteiger partial charge on any atom is 0.304 e. The molecule has 0 aliphatic heterocycles. The quantitative estimate of drug-likeness (QED) is 0.823. The number of methoxy groups -OCH3 is 1. The summed E-state index contributed by atoms with van der Waals surface area (Å²) < 4.78 is 5.05. The second-order valence-corrected chi connectivity index (χ2v) is 4.14. The van der Waals surface area contributed by atoms with Gasteiger partial charge in [-0.05, 0) is 18.2 Å². The van der Waals surface area contributed by atoms with Gasteiger partial charge in [-0.15, -0.1) is 0 Å². The van der Waals surface area contributed by atoms with Crippen LogP contribution in [0, 0.1) is 5.92 Å². The van der Waals surface area contributed by atoms with E-state index in [9.17, 15) is 9.59 Å². The molecule has 0 radical (unpaired) electrons. The van der Waals surface area contributed by atoms with Crippen molar-refractivity contribution in [3.8, 4) is 5.75 Å². The van der Waals surface area contributed by atoms with E-state index in [0.717, 1.165) is 0 Å². The van der Waals surface area contributed by atoms with E-state index in [1.165, 1.54) is 13.2 Å². The second kappa shape index (κ2) is 5.68. The summed E-state index contributed by atoms with van der Waals surface area (Å²) in [5, 5.41) is 9.06. The topological polar surface area (TPSA) is 63.6 Å². The van der Waals surface area contributed by atoms with Gasteiger partial charge >= 0.3 is 5.97 Å². The molecule has 17 heavy (non-hydrogen) atoms. The Balaban J connectivity index is 3.02. The summed E-state index contributed by atoms with van der Waals surface area (Å²) in [4.78, 5) is 22.6. The molecule has 0 aliphatic carbocycles. The van der Waals surface area contributed by atoms with Gasteiger partial charge in [0.2, 0.25) is 0 Å². The van der Waals surface area contributed by atoms with Crippen molar-refractivity contribution in [2.75, 3.05) is 7.11 Å². The number of ketones is 1. The van der Waals surface area contributed by atoms with Crippen LogP contribution in [0.25, 0.3) is 0 Å². The maximum absolute atomic E-state index is 12.0. The molecule has 1 N–H and O–H groups in total. The Bertz CT molecular complexity index is 442. The van der Waals surface area contributed by atoms with E-state index in [2.05, 4.69) is 0 Å². The van der Waals surface area contributed by atoms with Crippen molar-refractivity contribution >= 4 is 23.4 Å². The Morgan fingerprint density at radius 3 is 2.65 bits per heavy atom. The van der Waals surface area contributed by atoms with Gasteiger partial charge in [0, 0.05) is 10.9 Å². The van der Waals surface area contributed by atoms with Crippen LogP contribution in [-0.2, 0) is 4.79 Å². The van der Waals surface area contributed by atoms with Gasteiger partial charge in [0.15, 0.2) is 5.78 Å². The van der Waals surface area contributed by atoms with Gasteiger partial charge in [0.05, 0.1) is 19.1 Å². The van der Waals surface area contributed by atoms with Crippen LogP contribution in [0.5, 0.6) is 5.75 Å². The fraction of sp³-hybridized carbons (Fsp3) is 0.333. The largest absolute Gasteiger partial charge is 0.496 e. The molecule has 92 valence electrons. The highest BCUT2D eigenvalue weighted by Gasteiger charge is 2.21. The Kier molecular flexibility index (Phi) is 4.52. The molecular formula is C12H13ClO4. The number of aliphatic carboxylic acids is 1. The van der Waals surface area contributed by atoms with E-state index in [1.54, 1.807) is 19.1 Å². The Morgan fingerprint density at radius 2 is 2.12 bits per heavy atom. The van der Waals surface area contributed by atoms with E-state index in [1.807, 2.05) is 0 Å². The van der Waals surface area contributed by atoms with Gasteiger partial charge in [-0.2, -0.15) is 0 Å². The molecule has 1 aromatic rings. The minimum Gasteiger partial charge on any atom is -0.496 e. The number of hydrogen-bond donors (Lipinski definition) is 1. The highest BCUT2D eigenvalue weighted by Crippen LogP contribution is 2.26. The molecule has 1 atom stereocenters. The third kappa shape index (κ3) is 3.46. The number of carbonyl (C=O) groups excluding carboxylic acids is 1. The molecule has 0 saturated heterocycles. The second-order valence-electron chi connectivity index (χ2n) is 3.71. The minimum absolute atomic E-state index is 0.214. The summed E-state index contributed by atoms with van der Waals surface area (Å²) in [6, 6.07) is 4.68. The van der Waals surface area contributed by atoms with Gasteiger partial charge in [0.25, 0.3) is 0 Å². The number of rotatable bonds is 5. The fourth-order valence-corrected chi connectivity index (χ4v) is 1.66. The van der Waals surface area contributed by atoms with Crippen molar-refractivity contribution in [3.63, 3.8) is 0 Å². The van der Waals surface area contributed by atoms with Gasteiger partial charge < -0.3 is 9.84 Å². The van der Waals surface area contributed by atoms with Crippen molar-refractivity contribution in [2.45, 2.75) is 13.3 Å². The number of Topliss-reactive ketones (excluding diaryl/α,β-unsaturated/α-hetero) is 1. The summed E-state index contributed by atoms with van der Waals surface area (Å²) >= 11 is 5.80. The van der Waals surface area contributed by atoms with Crippen LogP contribution in [0.1, 0.15) is 23.7 Å². The molecule has 0 spiro atoms. The first-order valence-electron chi connectivity index (χ1n) is 5.05. The molecule has 5 heteroatoms. The average Bonchev–Trinajstić information content (AvgIpc) is 2.27. The smallest absolute Gasteiger partial charge is 0.304 e. The third-order valence-electron chi connectivity index (χ3n) is 2.36. The number of carboxylic acids is 1. The predicted octanol–water partition coefficient (Wildman–Crippen LogP) is 2.64. The fourth-order valence-electron chi connectivity index (χ4n) is 1.49. The molecule has 0 aliphatic rings. The van der Waals surface area contributed by atoms with E-state index < -0.39 is 11.9 Å². The molecule has 0 aromatic heterocycles. The van der Waals surface area contributed by atoms with Gasteiger partial charge in [-0.1, -0.05) is 18.5 Å². The van der Waals surface area contributed by atoms with Gasteiger partial charge in [-0.3, -0.25) is 9.59 Å². The first kappa shape index (κ1) is 13.5. The number of halogens is 1. The van der Waals surface area contributed by atoms with Crippen LogP contribution < -0.4 is 4.74 Å². The minimum atomic E-state index is -1.01. The Morgan fingerprint density at radius 1 is 1.47 bits per heavy atom. The van der Waals surface area contributed by atoms with Gasteiger partial charge in [0.1, 0.15) is 5.75 Å². The number of benzene rings is 1. The third-order valence-corrected chi connectivity index (χ3v) is 2.59. The number of carbonyl (C=O) groups is 2. The van der Waals surface area contributed by atoms with Crippen LogP contribution >= 0.6 is 11.6 Å². The van der Waals surface area contributed by atoms with Crippen LogP contribution in [0.4, 0.5) is 0 Å². The molecule has 1 unspecified atom stereocenters. The summed E-state index contributed by atoms with van der Waals surface area (Å²) in [6.45, 7) is 1.57. The predicted molar refractivity (Wildman–Crippen MR) is 63.8 cm³/mol. The molecule has 1 aromatic carbocycles. The van der Waals surface area contributed by atoms with Crippen molar-refractivity contribution in [2.24, 2.45) is 5.92 Å². The lowest BCUT2D eigenvalue weighted by molar-refractivity contribution is -0.137. The van der Waals surface area contributed by atoms with Crippen molar-refractivity contribution in [1.82, 2.24) is 0 Å². The zero-order valence-electron chi connectivity index (χ0n) is 9.57. The first-order valence-corrected chi connectivity index (χ1v) is 5.43. The number of hydrogen-bond acceptors (Lipinski definition) is 3. The SMILES string of the molecule is COc1ccc(Cl)cc1C(=O)C(C)CC(=O)O. The highest BCUT2D eigenvalue weighted by molar-refractivity contribution is 6.31. The molecule has 0 saturated carbocycles. The van der Waals surface area contributed by atoms with Crippen molar-refractivity contribution < 1.29 is 19.4 Å². The van der Waals surface area contributed by atoms with Crippen molar-refractivity contribution in [1.29, 1.82) is 0 Å². The Labute approximate surface area is 104 Å². The highest BCUT2D eigenvalue weighted by atomic mass is 35.5. The lowest BCUT2D eigenvalue weighted by Crippen LogP contribution is -2.16. The molecule has 0 amide bonds. The number of carboxylic acid groups (broad SMARTS) is 1. The van der Waals surface area contributed by atoms with E-state index in [-0.39, 0.29) is 12.2 Å². The lowest BCUT2D eigenvalue weighted by Gasteiger charge is -2.11. The molecular weight excluding hydrogens is 244 g/mol. The molecule has 0 heterocycles. The summed E-state index contributed by atoms with van der Waals surface area (Å²) in [5.41, 5.74) is 0.314. The summed E-state index contributed by atoms with van der Waals surface area (Å²) in [5.74, 6) is -1.50. The lowest BCUT2D eigenvalue weighted by atomic mass is 9.96. The zero-order chi connectivity index (χ0) is 13.0. The van der Waals surface area contributed by atoms with Crippen LogP contribution in [0.2, 0.25) is 5.02 Å². The maximum atomic E-state index is 12.0. The first-order chi connectivity index (χ1) is 7.95. The van der Waals surface area contributed by atoms with E-state index in [4.69, 9.17) is 21.4 Å². The molecule has 0 bridgehead atoms. The summed E-state index contributed by atoms with van der Waals surface area (Å²) in [6.07, 6.45) is -0.214. The standard InChI is InChI=1S/C12H13ClO4/c1-7(5-11(14)15)12(16)9-6-8(13)3-4-10(9)17-2/h3-4,6-7H,5H2,1-2H3,(H,14,15). The van der Waals surface area contributed by atoms with Crippen LogP contribution in [0.3, 0.4) is 0 Å². The normalized spacial score (nSPS) is 11.9. The van der Waals surface area contributed by atoms with Crippen LogP contribution in [0.15, 0.2) is 18.2 Å². The molecule has 4 nitrogen and oxygen atoms in total. The number of ether oxygens (including phenoxy) is 1.